The van der Waals surface area contributed by atoms with Gasteiger partial charge in [-0.1, -0.05) is 28.1 Å². The van der Waals surface area contributed by atoms with Crippen LogP contribution in [0.5, 0.6) is 11.5 Å². The topological polar surface area (TPSA) is 48.1 Å². The number of fused-ring (bicyclic) bond motifs is 1. The summed E-state index contributed by atoms with van der Waals surface area (Å²) in [4.78, 5) is 12.4. The molecule has 0 N–H and O–H groups in total. The van der Waals surface area contributed by atoms with E-state index in [1.807, 2.05) is 24.3 Å². The summed E-state index contributed by atoms with van der Waals surface area (Å²) in [7, 11) is 0. The first-order valence-electron chi connectivity index (χ1n) is 6.57. The summed E-state index contributed by atoms with van der Waals surface area (Å²) in [5.41, 5.74) is 1.60. The number of carbonyl (C=O) groups is 1. The van der Waals surface area contributed by atoms with Crippen LogP contribution in [-0.4, -0.2) is 18.7 Å². The number of epoxide rings is 1. The predicted molar refractivity (Wildman–Crippen MR) is 78.7 cm³/mol. The van der Waals surface area contributed by atoms with Crippen molar-refractivity contribution in [1.29, 1.82) is 0 Å². The van der Waals surface area contributed by atoms with Crippen molar-refractivity contribution in [2.24, 2.45) is 0 Å². The Morgan fingerprint density at radius 3 is 2.62 bits per heavy atom. The molecule has 4 nitrogen and oxygen atoms in total. The number of ketones is 1. The summed E-state index contributed by atoms with van der Waals surface area (Å²) in [6.45, 7) is 0.203. The number of rotatable bonds is 3. The van der Waals surface area contributed by atoms with Crippen molar-refractivity contribution < 1.29 is 19.0 Å². The third kappa shape index (κ3) is 2.32. The second kappa shape index (κ2) is 4.86. The Morgan fingerprint density at radius 1 is 1.05 bits per heavy atom. The Morgan fingerprint density at radius 2 is 1.81 bits per heavy atom. The molecule has 0 aliphatic carbocycles. The minimum Gasteiger partial charge on any atom is -0.454 e. The highest BCUT2D eigenvalue weighted by Crippen LogP contribution is 2.42. The van der Waals surface area contributed by atoms with E-state index in [1.54, 1.807) is 18.2 Å². The van der Waals surface area contributed by atoms with E-state index in [4.69, 9.17) is 14.2 Å². The third-order valence-electron chi connectivity index (χ3n) is 3.61. The van der Waals surface area contributed by atoms with Crippen molar-refractivity contribution in [2.45, 2.75) is 12.2 Å². The molecular weight excluding hydrogens is 336 g/mol. The number of ether oxygens (including phenoxy) is 3. The zero-order chi connectivity index (χ0) is 14.4. The average molecular weight is 347 g/mol. The van der Waals surface area contributed by atoms with Crippen LogP contribution in [-0.2, 0) is 4.74 Å². The Bertz CT molecular complexity index is 711. The minimum atomic E-state index is -0.411. The van der Waals surface area contributed by atoms with Crippen LogP contribution < -0.4 is 9.47 Å². The van der Waals surface area contributed by atoms with Crippen LogP contribution >= 0.6 is 15.9 Å². The monoisotopic (exact) mass is 346 g/mol. The summed E-state index contributed by atoms with van der Waals surface area (Å²) >= 11 is 3.39. The van der Waals surface area contributed by atoms with Gasteiger partial charge in [-0.3, -0.25) is 4.79 Å². The standard InChI is InChI=1S/C16H11BrO4/c17-11-4-1-9(2-5-11)15-16(21-15)14(18)10-3-6-12-13(7-10)20-8-19-12/h1-7,15-16H,8H2/t15-,16-/m1/s1. The lowest BCUT2D eigenvalue weighted by Crippen LogP contribution is -2.08. The number of carbonyl (C=O) groups excluding carboxylic acids is 1. The summed E-state index contributed by atoms with van der Waals surface area (Å²) in [6, 6.07) is 13.0. The molecule has 106 valence electrons. The van der Waals surface area contributed by atoms with E-state index in [0.717, 1.165) is 10.0 Å². The van der Waals surface area contributed by atoms with Crippen molar-refractivity contribution >= 4 is 21.7 Å². The van der Waals surface area contributed by atoms with E-state index >= 15 is 0 Å². The highest BCUT2D eigenvalue weighted by Gasteiger charge is 2.46. The fourth-order valence-electron chi connectivity index (χ4n) is 2.43. The summed E-state index contributed by atoms with van der Waals surface area (Å²) < 4.78 is 17.1. The van der Waals surface area contributed by atoms with Gasteiger partial charge in [-0.15, -0.1) is 0 Å². The van der Waals surface area contributed by atoms with E-state index in [9.17, 15) is 4.79 Å². The second-order valence-electron chi connectivity index (χ2n) is 4.96. The normalized spacial score (nSPS) is 22.1. The third-order valence-corrected chi connectivity index (χ3v) is 4.13. The van der Waals surface area contributed by atoms with Crippen molar-refractivity contribution in [2.75, 3.05) is 6.79 Å². The molecule has 0 unspecified atom stereocenters. The molecule has 2 atom stereocenters. The Kier molecular flexibility index (Phi) is 2.97. The predicted octanol–water partition coefficient (Wildman–Crippen LogP) is 3.50. The average Bonchev–Trinajstić information content (AvgIpc) is 3.16. The van der Waals surface area contributed by atoms with E-state index < -0.39 is 6.10 Å². The molecule has 1 saturated heterocycles. The molecule has 0 spiro atoms. The van der Waals surface area contributed by atoms with Crippen LogP contribution in [0.4, 0.5) is 0 Å². The minimum absolute atomic E-state index is 0.0266. The molecule has 0 bridgehead atoms. The van der Waals surface area contributed by atoms with Crippen LogP contribution in [0.2, 0.25) is 0 Å². The summed E-state index contributed by atoms with van der Waals surface area (Å²) in [5, 5.41) is 0. The molecule has 2 aliphatic heterocycles. The molecule has 1 fully saturated rings. The lowest BCUT2D eigenvalue weighted by Gasteiger charge is -2.00. The smallest absolute Gasteiger partial charge is 0.231 e. The maximum absolute atomic E-state index is 12.4. The SMILES string of the molecule is O=C(c1ccc2c(c1)OCO2)[C@H]1O[C@@H]1c1ccc(Br)cc1. The maximum Gasteiger partial charge on any atom is 0.231 e. The van der Waals surface area contributed by atoms with E-state index in [2.05, 4.69) is 15.9 Å². The molecule has 0 saturated carbocycles. The van der Waals surface area contributed by atoms with E-state index in [-0.39, 0.29) is 18.7 Å². The maximum atomic E-state index is 12.4. The van der Waals surface area contributed by atoms with Crippen molar-refractivity contribution in [3.05, 3.63) is 58.1 Å². The van der Waals surface area contributed by atoms with Gasteiger partial charge in [-0.05, 0) is 35.9 Å². The molecule has 2 aromatic rings. The van der Waals surface area contributed by atoms with Gasteiger partial charge in [0.2, 0.25) is 6.79 Å². The van der Waals surface area contributed by atoms with Crippen LogP contribution in [0.1, 0.15) is 22.0 Å². The van der Waals surface area contributed by atoms with Gasteiger partial charge in [0, 0.05) is 10.0 Å². The van der Waals surface area contributed by atoms with Gasteiger partial charge in [-0.2, -0.15) is 0 Å². The Labute approximate surface area is 129 Å². The van der Waals surface area contributed by atoms with Gasteiger partial charge in [0.1, 0.15) is 6.10 Å². The van der Waals surface area contributed by atoms with Gasteiger partial charge in [0.25, 0.3) is 0 Å². The van der Waals surface area contributed by atoms with Crippen LogP contribution in [0.3, 0.4) is 0 Å². The number of halogens is 1. The number of benzene rings is 2. The van der Waals surface area contributed by atoms with Crippen LogP contribution in [0, 0.1) is 0 Å². The van der Waals surface area contributed by atoms with Crippen molar-refractivity contribution in [3.63, 3.8) is 0 Å². The Balaban J connectivity index is 1.53. The summed E-state index contributed by atoms with van der Waals surface area (Å²) in [6.07, 6.45) is -0.567. The molecule has 5 heteroatoms. The lowest BCUT2D eigenvalue weighted by molar-refractivity contribution is 0.0953. The number of hydrogen-bond acceptors (Lipinski definition) is 4. The molecule has 4 rings (SSSR count). The van der Waals surface area contributed by atoms with Gasteiger partial charge >= 0.3 is 0 Å². The second-order valence-corrected chi connectivity index (χ2v) is 5.88. The van der Waals surface area contributed by atoms with Crippen LogP contribution in [0.15, 0.2) is 46.9 Å². The van der Waals surface area contributed by atoms with Gasteiger partial charge in [0.05, 0.1) is 0 Å². The fourth-order valence-corrected chi connectivity index (χ4v) is 2.70. The molecular formula is C16H11BrO4. The molecule has 2 heterocycles. The zero-order valence-corrected chi connectivity index (χ0v) is 12.5. The molecule has 2 aliphatic rings. The van der Waals surface area contributed by atoms with Gasteiger partial charge in [0.15, 0.2) is 23.4 Å². The first-order chi connectivity index (χ1) is 10.2. The van der Waals surface area contributed by atoms with Crippen molar-refractivity contribution in [3.8, 4) is 11.5 Å². The Hall–Kier alpha value is -1.85. The van der Waals surface area contributed by atoms with E-state index in [1.165, 1.54) is 0 Å². The van der Waals surface area contributed by atoms with Crippen molar-refractivity contribution in [1.82, 2.24) is 0 Å². The largest absolute Gasteiger partial charge is 0.454 e. The first kappa shape index (κ1) is 12.9. The van der Waals surface area contributed by atoms with Gasteiger partial charge in [-0.25, -0.2) is 0 Å². The first-order valence-corrected chi connectivity index (χ1v) is 7.36. The summed E-state index contributed by atoms with van der Waals surface area (Å²) in [5.74, 6) is 1.26. The molecule has 0 aromatic heterocycles. The molecule has 0 amide bonds. The van der Waals surface area contributed by atoms with E-state index in [0.29, 0.717) is 17.1 Å². The molecule has 2 aromatic carbocycles. The molecule has 0 radical (unpaired) electrons. The van der Waals surface area contributed by atoms with Crippen LogP contribution in [0.25, 0.3) is 0 Å². The van der Waals surface area contributed by atoms with Gasteiger partial charge < -0.3 is 14.2 Å². The quantitative estimate of drug-likeness (QED) is 0.630. The molecule has 21 heavy (non-hydrogen) atoms. The highest BCUT2D eigenvalue weighted by atomic mass is 79.9. The number of Topliss-reactive ketones (excluding diaryl/α,β-unsaturated/α-hetero) is 1. The fraction of sp³-hybridized carbons (Fsp3) is 0.188. The zero-order valence-electron chi connectivity index (χ0n) is 10.9. The lowest BCUT2D eigenvalue weighted by atomic mass is 10.0. The highest BCUT2D eigenvalue weighted by molar-refractivity contribution is 9.10. The number of hydrogen-bond donors (Lipinski definition) is 0.